The molecule has 1 fully saturated rings. The van der Waals surface area contributed by atoms with E-state index in [1.165, 1.54) is 37.8 Å². The fourth-order valence-electron chi connectivity index (χ4n) is 2.91. The molecule has 19 heavy (non-hydrogen) atoms. The standard InChI is InChI=1S/C15H22F2N2/c1-18-13-6-3-11(4-7-13)10-19(2)15-8-5-12(16)9-14(15)17/h5,8-9,11,13,18H,3-4,6-7,10H2,1-2H3. The van der Waals surface area contributed by atoms with Crippen molar-refractivity contribution in [2.45, 2.75) is 31.7 Å². The van der Waals surface area contributed by atoms with Crippen molar-refractivity contribution in [3.05, 3.63) is 29.8 Å². The summed E-state index contributed by atoms with van der Waals surface area (Å²) in [7, 11) is 3.88. The highest BCUT2D eigenvalue weighted by atomic mass is 19.1. The molecule has 0 aliphatic heterocycles. The van der Waals surface area contributed by atoms with E-state index in [0.29, 0.717) is 17.6 Å². The largest absolute Gasteiger partial charge is 0.372 e. The average molecular weight is 268 g/mol. The molecule has 1 saturated carbocycles. The summed E-state index contributed by atoms with van der Waals surface area (Å²) >= 11 is 0. The number of hydrogen-bond donors (Lipinski definition) is 1. The van der Waals surface area contributed by atoms with E-state index in [2.05, 4.69) is 5.32 Å². The van der Waals surface area contributed by atoms with Crippen molar-refractivity contribution in [3.63, 3.8) is 0 Å². The molecule has 0 bridgehead atoms. The van der Waals surface area contributed by atoms with Crippen molar-refractivity contribution in [1.29, 1.82) is 0 Å². The molecule has 106 valence electrons. The highest BCUT2D eigenvalue weighted by molar-refractivity contribution is 5.47. The SMILES string of the molecule is CNC1CCC(CN(C)c2ccc(F)cc2F)CC1. The van der Waals surface area contributed by atoms with Gasteiger partial charge in [-0.05, 0) is 50.8 Å². The van der Waals surface area contributed by atoms with Gasteiger partial charge < -0.3 is 10.2 Å². The van der Waals surface area contributed by atoms with Crippen molar-refractivity contribution in [2.24, 2.45) is 5.92 Å². The third kappa shape index (κ3) is 3.66. The third-order valence-corrected chi connectivity index (χ3v) is 4.11. The minimum absolute atomic E-state index is 0.480. The molecule has 0 amide bonds. The molecule has 0 saturated heterocycles. The van der Waals surface area contributed by atoms with Crippen LogP contribution in [0.25, 0.3) is 0 Å². The molecule has 1 aromatic rings. The van der Waals surface area contributed by atoms with E-state index in [9.17, 15) is 8.78 Å². The number of hydrogen-bond acceptors (Lipinski definition) is 2. The Morgan fingerprint density at radius 2 is 1.89 bits per heavy atom. The lowest BCUT2D eigenvalue weighted by Gasteiger charge is -2.32. The Bertz CT molecular complexity index is 415. The normalized spacial score (nSPS) is 23.4. The monoisotopic (exact) mass is 268 g/mol. The zero-order valence-electron chi connectivity index (χ0n) is 11.6. The van der Waals surface area contributed by atoms with E-state index in [1.54, 1.807) is 0 Å². The molecule has 1 aromatic carbocycles. The molecule has 0 spiro atoms. The summed E-state index contributed by atoms with van der Waals surface area (Å²) in [4.78, 5) is 1.90. The number of nitrogens with one attached hydrogen (secondary N) is 1. The second-order valence-corrected chi connectivity index (χ2v) is 5.48. The lowest BCUT2D eigenvalue weighted by Crippen LogP contribution is -2.34. The summed E-state index contributed by atoms with van der Waals surface area (Å²) in [6, 6.07) is 4.41. The van der Waals surface area contributed by atoms with E-state index in [4.69, 9.17) is 0 Å². The van der Waals surface area contributed by atoms with Gasteiger partial charge in [0.25, 0.3) is 0 Å². The molecule has 1 N–H and O–H groups in total. The predicted octanol–water partition coefficient (Wildman–Crippen LogP) is 3.18. The first-order valence-electron chi connectivity index (χ1n) is 6.93. The fourth-order valence-corrected chi connectivity index (χ4v) is 2.91. The first kappa shape index (κ1) is 14.3. The van der Waals surface area contributed by atoms with Crippen molar-refractivity contribution in [3.8, 4) is 0 Å². The fraction of sp³-hybridized carbons (Fsp3) is 0.600. The molecule has 0 heterocycles. The second-order valence-electron chi connectivity index (χ2n) is 5.48. The molecular formula is C15H22F2N2. The van der Waals surface area contributed by atoms with Gasteiger partial charge in [-0.1, -0.05) is 0 Å². The summed E-state index contributed by atoms with van der Waals surface area (Å²) in [5, 5.41) is 3.31. The Morgan fingerprint density at radius 3 is 2.47 bits per heavy atom. The summed E-state index contributed by atoms with van der Waals surface area (Å²) in [5.41, 5.74) is 0.483. The van der Waals surface area contributed by atoms with Crippen LogP contribution in [0.5, 0.6) is 0 Å². The minimum atomic E-state index is -0.524. The molecule has 0 unspecified atom stereocenters. The smallest absolute Gasteiger partial charge is 0.149 e. The maximum Gasteiger partial charge on any atom is 0.149 e. The molecule has 2 nitrogen and oxygen atoms in total. The maximum atomic E-state index is 13.7. The Kier molecular flexibility index (Phi) is 4.75. The average Bonchev–Trinajstić information content (AvgIpc) is 2.39. The lowest BCUT2D eigenvalue weighted by atomic mass is 9.86. The number of rotatable bonds is 4. The summed E-state index contributed by atoms with van der Waals surface area (Å²) < 4.78 is 26.6. The van der Waals surface area contributed by atoms with Gasteiger partial charge in [-0.15, -0.1) is 0 Å². The summed E-state index contributed by atoms with van der Waals surface area (Å²) in [6.07, 6.45) is 4.69. The van der Waals surface area contributed by atoms with Crippen LogP contribution in [0.4, 0.5) is 14.5 Å². The van der Waals surface area contributed by atoms with Gasteiger partial charge in [-0.25, -0.2) is 8.78 Å². The van der Waals surface area contributed by atoms with E-state index in [-0.39, 0.29) is 0 Å². The first-order chi connectivity index (χ1) is 9.10. The number of benzene rings is 1. The summed E-state index contributed by atoms with van der Waals surface area (Å²) in [6.45, 7) is 0.832. The highest BCUT2D eigenvalue weighted by Gasteiger charge is 2.21. The topological polar surface area (TPSA) is 15.3 Å². The van der Waals surface area contributed by atoms with Gasteiger partial charge in [-0.2, -0.15) is 0 Å². The third-order valence-electron chi connectivity index (χ3n) is 4.11. The Hall–Kier alpha value is -1.16. The minimum Gasteiger partial charge on any atom is -0.372 e. The number of anilines is 1. The van der Waals surface area contributed by atoms with Crippen molar-refractivity contribution in [1.82, 2.24) is 5.32 Å². The van der Waals surface area contributed by atoms with Gasteiger partial charge in [0, 0.05) is 25.7 Å². The molecule has 0 radical (unpaired) electrons. The van der Waals surface area contributed by atoms with Crippen molar-refractivity contribution in [2.75, 3.05) is 25.5 Å². The molecule has 0 aromatic heterocycles. The van der Waals surface area contributed by atoms with Crippen LogP contribution in [-0.4, -0.2) is 26.7 Å². The highest BCUT2D eigenvalue weighted by Crippen LogP contribution is 2.27. The number of halogens is 2. The Morgan fingerprint density at radius 1 is 1.21 bits per heavy atom. The zero-order chi connectivity index (χ0) is 13.8. The second kappa shape index (κ2) is 6.33. The molecule has 0 atom stereocenters. The van der Waals surface area contributed by atoms with E-state index in [0.717, 1.165) is 12.6 Å². The van der Waals surface area contributed by atoms with E-state index in [1.807, 2.05) is 19.0 Å². The maximum absolute atomic E-state index is 13.7. The van der Waals surface area contributed by atoms with Gasteiger partial charge in [-0.3, -0.25) is 0 Å². The van der Waals surface area contributed by atoms with Crippen LogP contribution in [0, 0.1) is 17.6 Å². The van der Waals surface area contributed by atoms with Gasteiger partial charge in [0.2, 0.25) is 0 Å². The van der Waals surface area contributed by atoms with Crippen LogP contribution < -0.4 is 10.2 Å². The van der Waals surface area contributed by atoms with Crippen molar-refractivity contribution < 1.29 is 8.78 Å². The molecule has 1 aliphatic rings. The lowest BCUT2D eigenvalue weighted by molar-refractivity contribution is 0.304. The van der Waals surface area contributed by atoms with Crippen LogP contribution in [0.3, 0.4) is 0 Å². The van der Waals surface area contributed by atoms with Gasteiger partial charge in [0.05, 0.1) is 5.69 Å². The molecule has 1 aliphatic carbocycles. The van der Waals surface area contributed by atoms with Gasteiger partial charge in [0.15, 0.2) is 0 Å². The Labute approximate surface area is 113 Å². The predicted molar refractivity (Wildman–Crippen MR) is 74.4 cm³/mol. The quantitative estimate of drug-likeness (QED) is 0.902. The van der Waals surface area contributed by atoms with Crippen LogP contribution >= 0.6 is 0 Å². The van der Waals surface area contributed by atoms with Gasteiger partial charge in [0.1, 0.15) is 11.6 Å². The van der Waals surface area contributed by atoms with E-state index < -0.39 is 11.6 Å². The molecular weight excluding hydrogens is 246 g/mol. The summed E-state index contributed by atoms with van der Waals surface area (Å²) in [5.74, 6) is -0.408. The van der Waals surface area contributed by atoms with Gasteiger partial charge >= 0.3 is 0 Å². The van der Waals surface area contributed by atoms with Crippen LogP contribution in [0.2, 0.25) is 0 Å². The number of nitrogens with zero attached hydrogens (tertiary/aromatic N) is 1. The van der Waals surface area contributed by atoms with Crippen LogP contribution in [0.1, 0.15) is 25.7 Å². The Balaban J connectivity index is 1.92. The van der Waals surface area contributed by atoms with E-state index >= 15 is 0 Å². The van der Waals surface area contributed by atoms with Crippen LogP contribution in [-0.2, 0) is 0 Å². The molecule has 4 heteroatoms. The molecule has 2 rings (SSSR count). The van der Waals surface area contributed by atoms with Crippen molar-refractivity contribution >= 4 is 5.69 Å². The van der Waals surface area contributed by atoms with Crippen LogP contribution in [0.15, 0.2) is 18.2 Å². The first-order valence-corrected chi connectivity index (χ1v) is 6.93. The zero-order valence-corrected chi connectivity index (χ0v) is 11.6.